The number of amides is 2. The number of nitro groups is 1. The minimum atomic E-state index is -0.523. The summed E-state index contributed by atoms with van der Waals surface area (Å²) in [6.45, 7) is 0.187. The molecule has 2 amide bonds. The van der Waals surface area contributed by atoms with Crippen LogP contribution in [0.4, 0.5) is 11.4 Å². The Morgan fingerprint density at radius 2 is 1.77 bits per heavy atom. The number of benzene rings is 2. The molecule has 7 heteroatoms. The number of nitro benzene ring substituents is 1. The first-order valence-electron chi connectivity index (χ1n) is 8.47. The van der Waals surface area contributed by atoms with Crippen LogP contribution in [0.25, 0.3) is 0 Å². The third kappa shape index (κ3) is 4.24. The number of fused-ring (bicyclic) bond motifs is 1. The van der Waals surface area contributed by atoms with Gasteiger partial charge in [-0.1, -0.05) is 6.07 Å². The second kappa shape index (κ2) is 7.77. The maximum atomic E-state index is 12.0. The molecular weight excluding hydrogens is 334 g/mol. The van der Waals surface area contributed by atoms with E-state index in [0.717, 1.165) is 24.9 Å². The molecule has 0 atom stereocenters. The van der Waals surface area contributed by atoms with E-state index in [1.807, 2.05) is 18.2 Å². The molecule has 3 rings (SSSR count). The van der Waals surface area contributed by atoms with E-state index in [-0.39, 0.29) is 30.5 Å². The van der Waals surface area contributed by atoms with Crippen LogP contribution in [0.1, 0.15) is 34.3 Å². The van der Waals surface area contributed by atoms with E-state index in [4.69, 9.17) is 0 Å². The largest absolute Gasteiger partial charge is 0.352 e. The minimum absolute atomic E-state index is 0.0738. The molecule has 0 heterocycles. The van der Waals surface area contributed by atoms with Crippen LogP contribution < -0.4 is 10.6 Å². The molecule has 2 N–H and O–H groups in total. The summed E-state index contributed by atoms with van der Waals surface area (Å²) in [5.74, 6) is -0.544. The van der Waals surface area contributed by atoms with Crippen LogP contribution in [0.15, 0.2) is 42.5 Å². The first-order valence-corrected chi connectivity index (χ1v) is 8.47. The van der Waals surface area contributed by atoms with Crippen LogP contribution >= 0.6 is 0 Å². The highest BCUT2D eigenvalue weighted by molar-refractivity contribution is 5.95. The fourth-order valence-electron chi connectivity index (χ4n) is 3.00. The van der Waals surface area contributed by atoms with Gasteiger partial charge in [-0.15, -0.1) is 0 Å². The van der Waals surface area contributed by atoms with Gasteiger partial charge in [0.05, 0.1) is 4.92 Å². The molecule has 0 bridgehead atoms. The molecule has 0 unspecified atom stereocenters. The Morgan fingerprint density at radius 3 is 2.50 bits per heavy atom. The molecule has 0 fully saturated rings. The summed E-state index contributed by atoms with van der Waals surface area (Å²) < 4.78 is 0. The van der Waals surface area contributed by atoms with E-state index in [2.05, 4.69) is 10.6 Å². The van der Waals surface area contributed by atoms with Gasteiger partial charge in [0.25, 0.3) is 11.6 Å². The number of carbonyl (C=O) groups is 2. The Balaban J connectivity index is 1.46. The summed E-state index contributed by atoms with van der Waals surface area (Å²) in [5.41, 5.74) is 3.65. The highest BCUT2D eigenvalue weighted by Gasteiger charge is 2.12. The number of anilines is 1. The zero-order valence-electron chi connectivity index (χ0n) is 14.2. The van der Waals surface area contributed by atoms with Crippen molar-refractivity contribution in [1.29, 1.82) is 0 Å². The lowest BCUT2D eigenvalue weighted by Gasteiger charge is -2.08. The monoisotopic (exact) mass is 353 g/mol. The normalized spacial score (nSPS) is 12.3. The number of hydrogen-bond acceptors (Lipinski definition) is 4. The molecule has 0 spiro atoms. The summed E-state index contributed by atoms with van der Waals surface area (Å²) in [4.78, 5) is 34.1. The van der Waals surface area contributed by atoms with Crippen LogP contribution in [0.3, 0.4) is 0 Å². The van der Waals surface area contributed by atoms with Gasteiger partial charge < -0.3 is 10.6 Å². The fourth-order valence-corrected chi connectivity index (χ4v) is 3.00. The molecular formula is C19H19N3O4. The number of non-ortho nitro benzene ring substituents is 1. The lowest BCUT2D eigenvalue weighted by atomic mass is 10.1. The molecule has 0 aliphatic heterocycles. The van der Waals surface area contributed by atoms with Crippen molar-refractivity contribution in [2.75, 3.05) is 11.9 Å². The predicted octanol–water partition coefficient (Wildman–Crippen LogP) is 2.84. The van der Waals surface area contributed by atoms with E-state index in [9.17, 15) is 19.7 Å². The minimum Gasteiger partial charge on any atom is -0.352 e. The third-order valence-corrected chi connectivity index (χ3v) is 4.36. The molecule has 2 aromatic rings. The molecule has 26 heavy (non-hydrogen) atoms. The van der Waals surface area contributed by atoms with Gasteiger partial charge in [-0.2, -0.15) is 0 Å². The number of nitrogens with one attached hydrogen (secondary N) is 2. The summed E-state index contributed by atoms with van der Waals surface area (Å²) in [6, 6.07) is 11.3. The van der Waals surface area contributed by atoms with E-state index in [0.29, 0.717) is 5.56 Å². The fraction of sp³-hybridized carbons (Fsp3) is 0.263. The van der Waals surface area contributed by atoms with Crippen molar-refractivity contribution in [3.05, 3.63) is 69.3 Å². The zero-order chi connectivity index (χ0) is 18.5. The van der Waals surface area contributed by atoms with Crippen LogP contribution in [-0.4, -0.2) is 23.3 Å². The van der Waals surface area contributed by atoms with Gasteiger partial charge in [0.2, 0.25) is 5.91 Å². The number of hydrogen-bond donors (Lipinski definition) is 2. The quantitative estimate of drug-likeness (QED) is 0.616. The molecule has 0 radical (unpaired) electrons. The van der Waals surface area contributed by atoms with Crippen molar-refractivity contribution < 1.29 is 14.5 Å². The maximum absolute atomic E-state index is 12.0. The first kappa shape index (κ1) is 17.6. The lowest BCUT2D eigenvalue weighted by molar-refractivity contribution is -0.384. The first-order chi connectivity index (χ1) is 12.5. The van der Waals surface area contributed by atoms with Crippen molar-refractivity contribution in [2.45, 2.75) is 25.7 Å². The molecule has 7 nitrogen and oxygen atoms in total. The number of carbonyl (C=O) groups excluding carboxylic acids is 2. The Morgan fingerprint density at radius 1 is 1.04 bits per heavy atom. The number of rotatable bonds is 6. The third-order valence-electron chi connectivity index (χ3n) is 4.36. The van der Waals surface area contributed by atoms with Crippen molar-refractivity contribution >= 4 is 23.2 Å². The van der Waals surface area contributed by atoms with Gasteiger partial charge in [0.15, 0.2) is 0 Å². The summed E-state index contributed by atoms with van der Waals surface area (Å²) in [6.07, 6.45) is 3.44. The van der Waals surface area contributed by atoms with Crippen molar-refractivity contribution in [1.82, 2.24) is 5.32 Å². The molecule has 1 aliphatic rings. The Bertz CT molecular complexity index is 846. The summed E-state index contributed by atoms with van der Waals surface area (Å²) in [5, 5.41) is 16.1. The summed E-state index contributed by atoms with van der Waals surface area (Å²) in [7, 11) is 0. The van der Waals surface area contributed by atoms with Crippen molar-refractivity contribution in [2.24, 2.45) is 0 Å². The van der Waals surface area contributed by atoms with Gasteiger partial charge in [0.1, 0.15) is 0 Å². The van der Waals surface area contributed by atoms with Crippen LogP contribution in [0, 0.1) is 10.1 Å². The lowest BCUT2D eigenvalue weighted by Crippen LogP contribution is -2.27. The molecule has 0 aromatic heterocycles. The van der Waals surface area contributed by atoms with Gasteiger partial charge in [-0.05, 0) is 54.7 Å². The molecule has 1 aliphatic carbocycles. The summed E-state index contributed by atoms with van der Waals surface area (Å²) >= 11 is 0. The molecule has 134 valence electrons. The van der Waals surface area contributed by atoms with E-state index >= 15 is 0 Å². The van der Waals surface area contributed by atoms with Crippen LogP contribution in [0.5, 0.6) is 0 Å². The zero-order valence-corrected chi connectivity index (χ0v) is 14.2. The average molecular weight is 353 g/mol. The number of nitrogens with zero attached hydrogens (tertiary/aromatic N) is 1. The number of aryl methyl sites for hydroxylation is 2. The van der Waals surface area contributed by atoms with Gasteiger partial charge >= 0.3 is 0 Å². The van der Waals surface area contributed by atoms with Gasteiger partial charge in [-0.3, -0.25) is 19.7 Å². The van der Waals surface area contributed by atoms with E-state index < -0.39 is 4.92 Å². The SMILES string of the molecule is O=C(CCNC(=O)c1ccc([N+](=O)[O-])cc1)Nc1ccc2c(c1)CCC2. The molecule has 0 saturated heterocycles. The Labute approximate surface area is 150 Å². The smallest absolute Gasteiger partial charge is 0.269 e. The highest BCUT2D eigenvalue weighted by atomic mass is 16.6. The Kier molecular flexibility index (Phi) is 5.26. The topological polar surface area (TPSA) is 101 Å². The van der Waals surface area contributed by atoms with E-state index in [1.54, 1.807) is 0 Å². The van der Waals surface area contributed by atoms with Gasteiger partial charge in [-0.25, -0.2) is 0 Å². The van der Waals surface area contributed by atoms with Crippen molar-refractivity contribution in [3.8, 4) is 0 Å². The maximum Gasteiger partial charge on any atom is 0.269 e. The average Bonchev–Trinajstić information content (AvgIpc) is 3.09. The van der Waals surface area contributed by atoms with E-state index in [1.165, 1.54) is 35.4 Å². The predicted molar refractivity (Wildman–Crippen MR) is 97.1 cm³/mol. The highest BCUT2D eigenvalue weighted by Crippen LogP contribution is 2.24. The van der Waals surface area contributed by atoms with Crippen molar-refractivity contribution in [3.63, 3.8) is 0 Å². The standard InChI is InChI=1S/C19H19N3O4/c23-18(21-16-7-4-13-2-1-3-15(13)12-16)10-11-20-19(24)14-5-8-17(9-6-14)22(25)26/h4-9,12H,1-3,10-11H2,(H,20,24)(H,21,23). The van der Waals surface area contributed by atoms with Crippen LogP contribution in [-0.2, 0) is 17.6 Å². The second-order valence-electron chi connectivity index (χ2n) is 6.20. The molecule has 0 saturated carbocycles. The molecule has 2 aromatic carbocycles. The van der Waals surface area contributed by atoms with Gasteiger partial charge in [0, 0.05) is 36.3 Å². The van der Waals surface area contributed by atoms with Crippen LogP contribution in [0.2, 0.25) is 0 Å². The second-order valence-corrected chi connectivity index (χ2v) is 6.20. The Hall–Kier alpha value is -3.22.